The second-order valence-electron chi connectivity index (χ2n) is 4.82. The van der Waals surface area contributed by atoms with Crippen molar-refractivity contribution in [2.45, 2.75) is 0 Å². The molecule has 0 unspecified atom stereocenters. The molecule has 0 saturated carbocycles. The minimum absolute atomic E-state index is 0.299. The van der Waals surface area contributed by atoms with Crippen LogP contribution in [0.3, 0.4) is 0 Å². The third kappa shape index (κ3) is 6.45. The number of phenolic OH excluding ortho intramolecular Hbond substituents is 1. The lowest BCUT2D eigenvalue weighted by Crippen LogP contribution is -2.08. The first-order valence-corrected chi connectivity index (χ1v) is 8.34. The fourth-order valence-electron chi connectivity index (χ4n) is 1.70. The number of benzene rings is 2. The predicted octanol–water partition coefficient (Wildman–Crippen LogP) is 2.86. The Balaban J connectivity index is 0.000000541. The lowest BCUT2D eigenvalue weighted by atomic mass is 10.1. The summed E-state index contributed by atoms with van der Waals surface area (Å²) in [4.78, 5) is 1.96. The molecule has 4 nitrogen and oxygen atoms in total. The van der Waals surface area contributed by atoms with Crippen LogP contribution < -0.4 is 4.90 Å². The summed E-state index contributed by atoms with van der Waals surface area (Å²) in [5.41, 5.74) is 2.93. The van der Waals surface area contributed by atoms with Crippen LogP contribution in [0.4, 0.5) is 5.69 Å². The van der Waals surface area contributed by atoms with Gasteiger partial charge in [-0.05, 0) is 17.7 Å². The number of aromatic hydroxyl groups is 1. The standard InChI is InChI=1S/C16H17NO.CH4O2S/c1-17(2)15-11-10-14(16(18)12-15)9-8-13-6-4-3-5-7-13;1-4(2)3/h3-12,18H,1-2H3;4H,1H3/b9-8+;. The summed E-state index contributed by atoms with van der Waals surface area (Å²) in [5, 5.41) is 9.94. The summed E-state index contributed by atoms with van der Waals surface area (Å²) >= 11 is 0. The van der Waals surface area contributed by atoms with Crippen LogP contribution in [-0.4, -0.2) is 33.9 Å². The molecule has 0 amide bonds. The smallest absolute Gasteiger partial charge is 0.137 e. The highest BCUT2D eigenvalue weighted by Crippen LogP contribution is 2.25. The van der Waals surface area contributed by atoms with Crippen LogP contribution in [0, 0.1) is 0 Å². The van der Waals surface area contributed by atoms with E-state index in [9.17, 15) is 5.11 Å². The lowest BCUT2D eigenvalue weighted by Gasteiger charge is -2.13. The molecule has 0 aromatic heterocycles. The Labute approximate surface area is 133 Å². The summed E-state index contributed by atoms with van der Waals surface area (Å²) in [6.07, 6.45) is 5.03. The van der Waals surface area contributed by atoms with Gasteiger partial charge < -0.3 is 10.0 Å². The Kier molecular flexibility index (Phi) is 7.19. The zero-order chi connectivity index (χ0) is 16.5. The molecule has 0 radical (unpaired) electrons. The maximum absolute atomic E-state index is 9.94. The van der Waals surface area contributed by atoms with Crippen LogP contribution in [0.15, 0.2) is 48.5 Å². The minimum atomic E-state index is -2.12. The molecule has 0 heterocycles. The fourth-order valence-corrected chi connectivity index (χ4v) is 1.70. The van der Waals surface area contributed by atoms with Gasteiger partial charge in [-0.1, -0.05) is 42.5 Å². The van der Waals surface area contributed by atoms with E-state index >= 15 is 0 Å². The van der Waals surface area contributed by atoms with Crippen LogP contribution in [0.2, 0.25) is 0 Å². The third-order valence-electron chi connectivity index (χ3n) is 2.79. The number of thiol groups is 1. The monoisotopic (exact) mass is 319 g/mol. The van der Waals surface area contributed by atoms with E-state index in [1.807, 2.05) is 73.6 Å². The van der Waals surface area contributed by atoms with Gasteiger partial charge in [0.15, 0.2) is 0 Å². The molecule has 1 N–H and O–H groups in total. The van der Waals surface area contributed by atoms with Crippen molar-refractivity contribution in [1.82, 2.24) is 0 Å². The number of hydrogen-bond donors (Lipinski definition) is 2. The van der Waals surface area contributed by atoms with Crippen molar-refractivity contribution in [2.24, 2.45) is 0 Å². The topological polar surface area (TPSA) is 57.6 Å². The Morgan fingerprint density at radius 1 is 1.00 bits per heavy atom. The van der Waals surface area contributed by atoms with E-state index in [2.05, 4.69) is 0 Å². The van der Waals surface area contributed by atoms with Gasteiger partial charge >= 0.3 is 0 Å². The van der Waals surface area contributed by atoms with E-state index < -0.39 is 10.7 Å². The molecule has 0 spiro atoms. The van der Waals surface area contributed by atoms with Crippen molar-refractivity contribution < 1.29 is 13.5 Å². The molecule has 22 heavy (non-hydrogen) atoms. The van der Waals surface area contributed by atoms with Crippen LogP contribution in [0.1, 0.15) is 11.1 Å². The van der Waals surface area contributed by atoms with Gasteiger partial charge in [-0.25, -0.2) is 8.42 Å². The van der Waals surface area contributed by atoms with Crippen molar-refractivity contribution in [2.75, 3.05) is 25.3 Å². The molecule has 0 aliphatic heterocycles. The van der Waals surface area contributed by atoms with E-state index in [1.54, 1.807) is 6.07 Å². The molecule has 118 valence electrons. The molecule has 2 aromatic carbocycles. The SMILES string of the molecule is CN(C)c1ccc(/C=C/c2ccccc2)c(O)c1.C[SH](=O)=O. The van der Waals surface area contributed by atoms with Gasteiger partial charge in [-0.3, -0.25) is 0 Å². The summed E-state index contributed by atoms with van der Waals surface area (Å²) in [5.74, 6) is 0.299. The first kappa shape index (κ1) is 17.8. The maximum atomic E-state index is 9.94. The number of nitrogens with zero attached hydrogens (tertiary/aromatic N) is 1. The summed E-state index contributed by atoms with van der Waals surface area (Å²) in [7, 11) is 1.78. The second-order valence-corrected chi connectivity index (χ2v) is 5.70. The first-order chi connectivity index (χ1) is 10.4. The second kappa shape index (κ2) is 8.89. The highest BCUT2D eigenvalue weighted by Gasteiger charge is 2.01. The molecule has 0 aliphatic carbocycles. The quantitative estimate of drug-likeness (QED) is 0.675. The summed E-state index contributed by atoms with van der Waals surface area (Å²) in [6.45, 7) is 0. The zero-order valence-corrected chi connectivity index (χ0v) is 13.8. The number of anilines is 1. The number of hydrogen-bond acceptors (Lipinski definition) is 4. The van der Waals surface area contributed by atoms with Gasteiger partial charge in [0.25, 0.3) is 0 Å². The van der Waals surface area contributed by atoms with E-state index in [0.29, 0.717) is 5.75 Å². The summed E-state index contributed by atoms with van der Waals surface area (Å²) < 4.78 is 18.1. The van der Waals surface area contributed by atoms with Gasteiger partial charge in [0.1, 0.15) is 16.5 Å². The number of phenols is 1. The zero-order valence-electron chi connectivity index (χ0n) is 12.9. The molecule has 2 aromatic rings. The van der Waals surface area contributed by atoms with Crippen LogP contribution in [0.25, 0.3) is 12.2 Å². The van der Waals surface area contributed by atoms with Crippen LogP contribution >= 0.6 is 0 Å². The highest BCUT2D eigenvalue weighted by molar-refractivity contribution is 7.71. The van der Waals surface area contributed by atoms with E-state index in [-0.39, 0.29) is 0 Å². The van der Waals surface area contributed by atoms with Crippen molar-refractivity contribution in [3.63, 3.8) is 0 Å². The summed E-state index contributed by atoms with van der Waals surface area (Å²) in [6, 6.07) is 15.7. The fraction of sp³-hybridized carbons (Fsp3) is 0.176. The van der Waals surface area contributed by atoms with E-state index in [1.165, 1.54) is 0 Å². The molecule has 0 atom stereocenters. The average Bonchev–Trinajstić information content (AvgIpc) is 2.46. The first-order valence-electron chi connectivity index (χ1n) is 6.71. The van der Waals surface area contributed by atoms with Gasteiger partial charge in [-0.15, -0.1) is 0 Å². The Morgan fingerprint density at radius 3 is 2.09 bits per heavy atom. The van der Waals surface area contributed by atoms with Crippen LogP contribution in [0.5, 0.6) is 5.75 Å². The molecule has 5 heteroatoms. The van der Waals surface area contributed by atoms with Crippen molar-refractivity contribution in [3.05, 3.63) is 59.7 Å². The van der Waals surface area contributed by atoms with Gasteiger partial charge in [0.05, 0.1) is 0 Å². The van der Waals surface area contributed by atoms with Gasteiger partial charge in [0, 0.05) is 37.7 Å². The van der Waals surface area contributed by atoms with E-state index in [0.717, 1.165) is 23.1 Å². The highest BCUT2D eigenvalue weighted by atomic mass is 32.2. The molecule has 2 rings (SSSR count). The molecule has 0 fully saturated rings. The normalized spacial score (nSPS) is 10.4. The number of rotatable bonds is 3. The molecule has 0 saturated heterocycles. The van der Waals surface area contributed by atoms with Crippen molar-refractivity contribution in [3.8, 4) is 5.75 Å². The third-order valence-corrected chi connectivity index (χ3v) is 2.79. The lowest BCUT2D eigenvalue weighted by molar-refractivity contribution is 0.474. The molecular formula is C17H21NO3S. The van der Waals surface area contributed by atoms with Gasteiger partial charge in [0.2, 0.25) is 0 Å². The Morgan fingerprint density at radius 2 is 1.59 bits per heavy atom. The van der Waals surface area contributed by atoms with Crippen LogP contribution in [-0.2, 0) is 10.7 Å². The minimum Gasteiger partial charge on any atom is -0.507 e. The van der Waals surface area contributed by atoms with Crippen molar-refractivity contribution in [1.29, 1.82) is 0 Å². The average molecular weight is 319 g/mol. The molecule has 0 bridgehead atoms. The molecular weight excluding hydrogens is 298 g/mol. The largest absolute Gasteiger partial charge is 0.507 e. The Hall–Kier alpha value is -2.27. The predicted molar refractivity (Wildman–Crippen MR) is 94.0 cm³/mol. The Bertz CT molecular complexity index is 684. The molecule has 0 aliphatic rings. The van der Waals surface area contributed by atoms with Gasteiger partial charge in [-0.2, -0.15) is 0 Å². The van der Waals surface area contributed by atoms with E-state index in [4.69, 9.17) is 8.42 Å². The van der Waals surface area contributed by atoms with Crippen molar-refractivity contribution >= 4 is 28.5 Å². The maximum Gasteiger partial charge on any atom is 0.137 e.